The van der Waals surface area contributed by atoms with Crippen LogP contribution in [0.5, 0.6) is 17.2 Å². The van der Waals surface area contributed by atoms with E-state index in [4.69, 9.17) is 0 Å². The van der Waals surface area contributed by atoms with Crippen molar-refractivity contribution in [3.8, 4) is 17.2 Å². The summed E-state index contributed by atoms with van der Waals surface area (Å²) in [6.07, 6.45) is 5.14. The first-order valence-electron chi connectivity index (χ1n) is 16.6. The number of phenols is 3. The molecule has 240 valence electrons. The van der Waals surface area contributed by atoms with Gasteiger partial charge in [0.25, 0.3) is 0 Å². The van der Waals surface area contributed by atoms with E-state index in [9.17, 15) is 15.3 Å². The Morgan fingerprint density at radius 2 is 0.864 bits per heavy atom. The molecule has 44 heavy (non-hydrogen) atoms. The van der Waals surface area contributed by atoms with Crippen molar-refractivity contribution in [3.05, 3.63) is 87.5 Å². The highest BCUT2D eigenvalue weighted by Gasteiger charge is 2.42. The van der Waals surface area contributed by atoms with Crippen molar-refractivity contribution in [2.24, 2.45) is 5.92 Å². The molecule has 4 rings (SSSR count). The number of phenolic OH excluding ortho intramolecular Hbond substituents is 3. The second-order valence-electron chi connectivity index (χ2n) is 17.7. The van der Waals surface area contributed by atoms with Gasteiger partial charge in [-0.15, -0.1) is 0 Å². The highest BCUT2D eigenvalue weighted by Crippen LogP contribution is 2.53. The summed E-state index contributed by atoms with van der Waals surface area (Å²) >= 11 is 0. The standard InChI is InChI=1S/C41H58O3/c1-37(2,3)31-22-28(23-32(35(31)43)38(4,5)6)41(19-17-27(18-20-41)21-26-13-15-30(42)16-14-26)29-24-33(39(7,8)9)36(44)34(25-29)40(10,11)12/h13-16,22-25,27,42-44H,17-21H2,1-12H3. The summed E-state index contributed by atoms with van der Waals surface area (Å²) in [4.78, 5) is 0. The molecule has 1 fully saturated rings. The molecule has 1 aliphatic rings. The van der Waals surface area contributed by atoms with Crippen molar-refractivity contribution in [1.29, 1.82) is 0 Å². The number of hydrogen-bond acceptors (Lipinski definition) is 3. The number of benzene rings is 3. The Bertz CT molecular complexity index is 1320. The molecule has 0 aromatic heterocycles. The summed E-state index contributed by atoms with van der Waals surface area (Å²) in [7, 11) is 0. The molecule has 1 saturated carbocycles. The third-order valence-electron chi connectivity index (χ3n) is 9.98. The van der Waals surface area contributed by atoms with E-state index in [0.29, 0.717) is 23.2 Å². The molecule has 3 nitrogen and oxygen atoms in total. The van der Waals surface area contributed by atoms with Gasteiger partial charge < -0.3 is 15.3 Å². The second-order valence-corrected chi connectivity index (χ2v) is 17.7. The molecule has 1 aliphatic carbocycles. The van der Waals surface area contributed by atoms with Gasteiger partial charge >= 0.3 is 0 Å². The molecule has 0 atom stereocenters. The van der Waals surface area contributed by atoms with Gasteiger partial charge in [-0.1, -0.05) is 119 Å². The Hall–Kier alpha value is -2.94. The van der Waals surface area contributed by atoms with Crippen LogP contribution in [-0.2, 0) is 33.5 Å². The Morgan fingerprint density at radius 3 is 1.16 bits per heavy atom. The molecule has 0 unspecified atom stereocenters. The summed E-state index contributed by atoms with van der Waals surface area (Å²) in [6.45, 7) is 26.3. The average Bonchev–Trinajstić information content (AvgIpc) is 2.88. The zero-order valence-electron chi connectivity index (χ0n) is 29.6. The molecule has 0 amide bonds. The summed E-state index contributed by atoms with van der Waals surface area (Å²) in [5, 5.41) is 33.1. The van der Waals surface area contributed by atoms with Crippen LogP contribution in [-0.4, -0.2) is 15.3 Å². The third kappa shape index (κ3) is 6.82. The van der Waals surface area contributed by atoms with Crippen molar-refractivity contribution in [2.45, 2.75) is 142 Å². The van der Waals surface area contributed by atoms with Crippen LogP contribution in [0.4, 0.5) is 0 Å². The minimum absolute atomic E-state index is 0.223. The fourth-order valence-electron chi connectivity index (χ4n) is 7.19. The molecule has 3 aromatic rings. The summed E-state index contributed by atoms with van der Waals surface area (Å²) < 4.78 is 0. The molecule has 3 heteroatoms. The van der Waals surface area contributed by atoms with Crippen LogP contribution in [0.15, 0.2) is 48.5 Å². The third-order valence-corrected chi connectivity index (χ3v) is 9.98. The van der Waals surface area contributed by atoms with E-state index < -0.39 is 0 Å². The molecule has 3 N–H and O–H groups in total. The van der Waals surface area contributed by atoms with E-state index in [2.05, 4.69) is 107 Å². The minimum atomic E-state index is -0.257. The predicted octanol–water partition coefficient (Wildman–Crippen LogP) is 10.7. The van der Waals surface area contributed by atoms with Crippen molar-refractivity contribution >= 4 is 0 Å². The van der Waals surface area contributed by atoms with Gasteiger partial charge in [-0.2, -0.15) is 0 Å². The SMILES string of the molecule is CC(C)(C)c1cc(C2(c3cc(C(C)(C)C)c(O)c(C(C)(C)C)c3)CCC(Cc3ccc(O)cc3)CC2)cc(C(C)(C)C)c1O. The highest BCUT2D eigenvalue weighted by molar-refractivity contribution is 5.57. The average molecular weight is 599 g/mol. The van der Waals surface area contributed by atoms with E-state index in [0.717, 1.165) is 54.4 Å². The van der Waals surface area contributed by atoms with Gasteiger partial charge in [0.05, 0.1) is 0 Å². The fraction of sp³-hybridized carbons (Fsp3) is 0.561. The Morgan fingerprint density at radius 1 is 0.545 bits per heavy atom. The summed E-state index contributed by atoms with van der Waals surface area (Å²) in [5.41, 5.74) is 6.66. The van der Waals surface area contributed by atoms with Gasteiger partial charge in [0.15, 0.2) is 0 Å². The maximum atomic E-state index is 11.7. The minimum Gasteiger partial charge on any atom is -0.508 e. The van der Waals surface area contributed by atoms with E-state index in [1.807, 2.05) is 12.1 Å². The lowest BCUT2D eigenvalue weighted by atomic mass is 9.60. The largest absolute Gasteiger partial charge is 0.508 e. The highest BCUT2D eigenvalue weighted by atomic mass is 16.3. The summed E-state index contributed by atoms with van der Waals surface area (Å²) in [6, 6.07) is 16.9. The van der Waals surface area contributed by atoms with E-state index >= 15 is 0 Å². The first kappa shape index (κ1) is 33.9. The van der Waals surface area contributed by atoms with Crippen molar-refractivity contribution < 1.29 is 15.3 Å². The van der Waals surface area contributed by atoms with Crippen LogP contribution in [0.3, 0.4) is 0 Å². The topological polar surface area (TPSA) is 60.7 Å². The molecular formula is C41H58O3. The van der Waals surface area contributed by atoms with Crippen LogP contribution in [0.2, 0.25) is 0 Å². The summed E-state index contributed by atoms with van der Waals surface area (Å²) in [5.74, 6) is 1.70. The molecule has 0 spiro atoms. The maximum Gasteiger partial charge on any atom is 0.123 e. The van der Waals surface area contributed by atoms with Gasteiger partial charge in [-0.3, -0.25) is 0 Å². The Labute approximate surface area is 267 Å². The molecule has 0 aliphatic heterocycles. The first-order valence-corrected chi connectivity index (χ1v) is 16.6. The lowest BCUT2D eigenvalue weighted by molar-refractivity contribution is 0.262. The fourth-order valence-corrected chi connectivity index (χ4v) is 7.19. The van der Waals surface area contributed by atoms with Crippen molar-refractivity contribution in [3.63, 3.8) is 0 Å². The normalized spacial score (nSPS) is 16.7. The quantitative estimate of drug-likeness (QED) is 0.280. The van der Waals surface area contributed by atoms with Gasteiger partial charge in [-0.05, 0) is 111 Å². The number of hydrogen-bond donors (Lipinski definition) is 3. The van der Waals surface area contributed by atoms with E-state index in [1.165, 1.54) is 16.7 Å². The Balaban J connectivity index is 1.98. The monoisotopic (exact) mass is 598 g/mol. The zero-order valence-corrected chi connectivity index (χ0v) is 29.6. The molecular weight excluding hydrogens is 540 g/mol. The number of aromatic hydroxyl groups is 3. The second kappa shape index (κ2) is 11.5. The molecule has 0 heterocycles. The van der Waals surface area contributed by atoms with Crippen LogP contribution < -0.4 is 0 Å². The van der Waals surface area contributed by atoms with Gasteiger partial charge in [0, 0.05) is 5.41 Å². The zero-order chi connectivity index (χ0) is 33.0. The lowest BCUT2D eigenvalue weighted by Crippen LogP contribution is -2.35. The predicted molar refractivity (Wildman–Crippen MR) is 186 cm³/mol. The molecule has 3 aromatic carbocycles. The lowest BCUT2D eigenvalue weighted by Gasteiger charge is -2.44. The van der Waals surface area contributed by atoms with Crippen LogP contribution in [0.1, 0.15) is 148 Å². The molecule has 0 radical (unpaired) electrons. The van der Waals surface area contributed by atoms with Crippen LogP contribution in [0, 0.1) is 5.92 Å². The first-order chi connectivity index (χ1) is 20.0. The molecule has 0 bridgehead atoms. The van der Waals surface area contributed by atoms with Crippen molar-refractivity contribution in [2.75, 3.05) is 0 Å². The van der Waals surface area contributed by atoms with Crippen LogP contribution >= 0.6 is 0 Å². The van der Waals surface area contributed by atoms with Crippen LogP contribution in [0.25, 0.3) is 0 Å². The van der Waals surface area contributed by atoms with Gasteiger partial charge in [-0.25, -0.2) is 0 Å². The van der Waals surface area contributed by atoms with Gasteiger partial charge in [0.1, 0.15) is 17.2 Å². The van der Waals surface area contributed by atoms with E-state index in [-0.39, 0.29) is 27.1 Å². The molecule has 0 saturated heterocycles. The maximum absolute atomic E-state index is 11.7. The van der Waals surface area contributed by atoms with Crippen molar-refractivity contribution in [1.82, 2.24) is 0 Å². The smallest absolute Gasteiger partial charge is 0.123 e. The van der Waals surface area contributed by atoms with Gasteiger partial charge in [0.2, 0.25) is 0 Å². The Kier molecular flexibility index (Phi) is 8.83. The number of rotatable bonds is 4. The van der Waals surface area contributed by atoms with E-state index in [1.54, 1.807) is 12.1 Å².